The van der Waals surface area contributed by atoms with Crippen molar-refractivity contribution in [1.29, 1.82) is 0 Å². The van der Waals surface area contributed by atoms with Crippen LogP contribution in [-0.2, 0) is 20.6 Å². The van der Waals surface area contributed by atoms with E-state index in [1.807, 2.05) is 35.9 Å². The van der Waals surface area contributed by atoms with Crippen LogP contribution in [0.5, 0.6) is 0 Å². The lowest BCUT2D eigenvalue weighted by Gasteiger charge is -1.98. The highest BCUT2D eigenvalue weighted by Gasteiger charge is 2.34. The number of hydrogen-bond donors (Lipinski definition) is 0. The Balaban J connectivity index is 2.02. The van der Waals surface area contributed by atoms with E-state index in [1.54, 1.807) is 6.20 Å². The van der Waals surface area contributed by atoms with E-state index < -0.39 is 6.98 Å². The van der Waals surface area contributed by atoms with Gasteiger partial charge >= 0.3 is 0 Å². The van der Waals surface area contributed by atoms with Crippen LogP contribution in [0.25, 0.3) is 33.6 Å². The number of hydrogen-bond acceptors (Lipinski definition) is 1. The third-order valence-electron chi connectivity index (χ3n) is 4.42. The predicted molar refractivity (Wildman–Crippen MR) is 81.9 cm³/mol. The molecule has 3 aromatic heterocycles. The quantitative estimate of drug-likeness (QED) is 0.399. The minimum Gasteiger partial charge on any atom is -0.248 e. The second kappa shape index (κ2) is 3.52. The van der Waals surface area contributed by atoms with Crippen molar-refractivity contribution in [3.63, 3.8) is 0 Å². The van der Waals surface area contributed by atoms with Gasteiger partial charge in [0.25, 0.3) is 5.65 Å². The molecule has 0 radical (unpaired) electrons. The molecule has 1 aliphatic rings. The third kappa shape index (κ3) is 1.17. The van der Waals surface area contributed by atoms with Crippen LogP contribution in [0.1, 0.15) is 9.68 Å². The minimum absolute atomic E-state index is 0.504. The fraction of sp³-hybridized carbons (Fsp3) is 0.176. The summed E-state index contributed by atoms with van der Waals surface area (Å²) in [5, 5.41) is 0.873. The monoisotopic (exact) mass is 278 g/mol. The summed E-state index contributed by atoms with van der Waals surface area (Å²) < 4.78 is 29.5. The maximum atomic E-state index is 7.98. The number of aryl methyl sites for hydroxylation is 2. The first-order chi connectivity index (χ1) is 11.5. The first kappa shape index (κ1) is 8.62. The number of aromatic nitrogens is 4. The normalized spacial score (nSPS) is 15.8. The van der Waals surface area contributed by atoms with Gasteiger partial charge in [-0.1, -0.05) is 18.2 Å². The van der Waals surface area contributed by atoms with E-state index in [-0.39, 0.29) is 0 Å². The Labute approximate surface area is 126 Å². The van der Waals surface area contributed by atoms with Gasteiger partial charge in [-0.15, -0.1) is 0 Å². The van der Waals surface area contributed by atoms with Crippen LogP contribution in [0.2, 0.25) is 0 Å². The van der Waals surface area contributed by atoms with Crippen LogP contribution in [0.3, 0.4) is 0 Å². The van der Waals surface area contributed by atoms with Gasteiger partial charge in [-0.3, -0.25) is 0 Å². The number of benzene rings is 1. The molecule has 0 bridgehead atoms. The van der Waals surface area contributed by atoms with Gasteiger partial charge in [-0.25, -0.2) is 18.7 Å². The molecule has 4 nitrogen and oxygen atoms in total. The van der Waals surface area contributed by atoms with Crippen LogP contribution in [0.15, 0.2) is 42.6 Å². The Bertz CT molecular complexity index is 1130. The smallest absolute Gasteiger partial charge is 0.248 e. The zero-order valence-corrected chi connectivity index (χ0v) is 11.5. The molecule has 21 heavy (non-hydrogen) atoms. The summed E-state index contributed by atoms with van der Waals surface area (Å²) in [5.41, 5.74) is 4.54. The highest BCUT2D eigenvalue weighted by molar-refractivity contribution is 6.03. The molecule has 0 saturated carbocycles. The molecule has 0 N–H and O–H groups in total. The molecule has 0 spiro atoms. The van der Waals surface area contributed by atoms with Crippen LogP contribution in [-0.4, -0.2) is 14.1 Å². The molecule has 0 fully saturated rings. The van der Waals surface area contributed by atoms with Crippen molar-refractivity contribution < 1.29 is 8.68 Å². The average molecular weight is 278 g/mol. The molecule has 1 aromatic carbocycles. The van der Waals surface area contributed by atoms with Crippen LogP contribution in [0, 0.1) is 0 Å². The summed E-state index contributed by atoms with van der Waals surface area (Å²) in [6.45, 7) is -1.54. The lowest BCUT2D eigenvalue weighted by molar-refractivity contribution is -0.636. The summed E-state index contributed by atoms with van der Waals surface area (Å²) in [5.74, 6) is 1.04. The van der Waals surface area contributed by atoms with Crippen molar-refractivity contribution in [1.82, 2.24) is 14.1 Å². The third-order valence-corrected chi connectivity index (χ3v) is 4.42. The lowest BCUT2D eigenvalue weighted by Crippen LogP contribution is -2.31. The Morgan fingerprint density at radius 2 is 2.14 bits per heavy atom. The Hall–Kier alpha value is -2.62. The fourth-order valence-corrected chi connectivity index (χ4v) is 3.58. The van der Waals surface area contributed by atoms with E-state index in [0.29, 0.717) is 11.3 Å². The number of fused-ring (bicyclic) bond motifs is 7. The van der Waals surface area contributed by atoms with Crippen molar-refractivity contribution in [2.45, 2.75) is 6.54 Å². The Morgan fingerprint density at radius 1 is 1.24 bits per heavy atom. The highest BCUT2D eigenvalue weighted by Crippen LogP contribution is 2.36. The van der Waals surface area contributed by atoms with Gasteiger partial charge < -0.3 is 0 Å². The first-order valence-electron chi connectivity index (χ1n) is 8.45. The van der Waals surface area contributed by atoms with Gasteiger partial charge in [-0.05, 0) is 23.8 Å². The summed E-state index contributed by atoms with van der Waals surface area (Å²) in [7, 11) is 1.93. The second-order valence-corrected chi connectivity index (χ2v) is 5.51. The summed E-state index contributed by atoms with van der Waals surface area (Å²) >= 11 is 0. The van der Waals surface area contributed by atoms with Gasteiger partial charge in [-0.2, -0.15) is 0 Å². The van der Waals surface area contributed by atoms with Gasteiger partial charge in [0.1, 0.15) is 0 Å². The number of nitrogens with zero attached hydrogens (tertiary/aromatic N) is 4. The highest BCUT2D eigenvalue weighted by atomic mass is 15.2. The van der Waals surface area contributed by atoms with E-state index in [0.717, 1.165) is 28.8 Å². The van der Waals surface area contributed by atoms with Gasteiger partial charge in [0.05, 0.1) is 35.6 Å². The Kier molecular flexibility index (Phi) is 1.45. The Morgan fingerprint density at radius 3 is 3.05 bits per heavy atom. The lowest BCUT2D eigenvalue weighted by atomic mass is 10.1. The second-order valence-electron chi connectivity index (χ2n) is 5.51. The molecule has 0 unspecified atom stereocenters. The molecule has 4 heterocycles. The molecule has 5 rings (SSSR count). The van der Waals surface area contributed by atoms with Crippen molar-refractivity contribution in [2.24, 2.45) is 14.0 Å². The van der Waals surface area contributed by atoms with E-state index >= 15 is 0 Å². The van der Waals surface area contributed by atoms with Crippen molar-refractivity contribution in [3.05, 3.63) is 48.2 Å². The SMILES string of the molecule is [2H]C([2H])([2H])n1c2ncccc2c2c1[n+](C)c1n2Cc2ccccc2-1. The van der Waals surface area contributed by atoms with Crippen molar-refractivity contribution in [2.75, 3.05) is 0 Å². The molecule has 0 aliphatic carbocycles. The summed E-state index contributed by atoms with van der Waals surface area (Å²) in [4.78, 5) is 4.35. The standard InChI is InChI=1S/C17H15N4/c1-19-15-13(8-5-9-18-15)14-17(19)20(2)16-12-7-4-3-6-11(12)10-21(14)16/h3-9H,10H2,1-2H3/q+1/i1D3. The van der Waals surface area contributed by atoms with E-state index in [4.69, 9.17) is 4.11 Å². The maximum Gasteiger partial charge on any atom is 0.270 e. The molecule has 0 atom stereocenters. The number of pyridine rings is 1. The average Bonchev–Trinajstić information content (AvgIpc) is 3.15. The molecule has 102 valence electrons. The van der Waals surface area contributed by atoms with Gasteiger partial charge in [0, 0.05) is 6.20 Å². The fourth-order valence-electron chi connectivity index (χ4n) is 3.58. The topological polar surface area (TPSA) is 26.6 Å². The molecule has 0 saturated heterocycles. The molecule has 4 heteroatoms. The molecular weight excluding hydrogens is 260 g/mol. The first-order valence-corrected chi connectivity index (χ1v) is 6.95. The zero-order valence-electron chi connectivity index (χ0n) is 14.5. The van der Waals surface area contributed by atoms with Crippen molar-refractivity contribution >= 4 is 22.2 Å². The zero-order chi connectivity index (χ0) is 16.6. The number of rotatable bonds is 0. The molecule has 1 aliphatic heterocycles. The van der Waals surface area contributed by atoms with Crippen molar-refractivity contribution in [3.8, 4) is 11.4 Å². The van der Waals surface area contributed by atoms with E-state index in [2.05, 4.69) is 21.7 Å². The minimum atomic E-state index is -2.28. The van der Waals surface area contributed by atoms with E-state index in [1.165, 1.54) is 10.1 Å². The van der Waals surface area contributed by atoms with Crippen LogP contribution < -0.4 is 4.57 Å². The van der Waals surface area contributed by atoms with Crippen LogP contribution in [0.4, 0.5) is 0 Å². The number of imidazole rings is 1. The molecule has 0 amide bonds. The largest absolute Gasteiger partial charge is 0.270 e. The van der Waals surface area contributed by atoms with E-state index in [9.17, 15) is 0 Å². The molecule has 4 aromatic rings. The summed E-state index contributed by atoms with van der Waals surface area (Å²) in [6.07, 6.45) is 1.64. The van der Waals surface area contributed by atoms with Crippen LogP contribution >= 0.6 is 0 Å². The van der Waals surface area contributed by atoms with Gasteiger partial charge in [0.2, 0.25) is 11.5 Å². The molecular formula is C17H15N4+. The maximum absolute atomic E-state index is 7.98. The summed E-state index contributed by atoms with van der Waals surface area (Å²) in [6, 6.07) is 12.1. The predicted octanol–water partition coefficient (Wildman–Crippen LogP) is 2.38. The van der Waals surface area contributed by atoms with Gasteiger partial charge in [0.15, 0.2) is 5.52 Å².